The van der Waals surface area contributed by atoms with Crippen LogP contribution < -0.4 is 5.32 Å². The Morgan fingerprint density at radius 2 is 2.15 bits per heavy atom. The Bertz CT molecular complexity index is 328. The van der Waals surface area contributed by atoms with Crippen LogP contribution in [0.15, 0.2) is 0 Å². The lowest BCUT2D eigenvalue weighted by Gasteiger charge is -2.22. The summed E-state index contributed by atoms with van der Waals surface area (Å²) in [5.41, 5.74) is 0. The molecule has 0 aromatic rings. The highest BCUT2D eigenvalue weighted by Gasteiger charge is 2.28. The van der Waals surface area contributed by atoms with Crippen LogP contribution in [0.5, 0.6) is 0 Å². The molecule has 1 aliphatic rings. The second-order valence-electron chi connectivity index (χ2n) is 5.32. The second kappa shape index (κ2) is 8.21. The van der Waals surface area contributed by atoms with Crippen molar-refractivity contribution in [3.8, 4) is 0 Å². The number of rotatable bonds is 8. The van der Waals surface area contributed by atoms with Gasteiger partial charge in [-0.05, 0) is 25.7 Å². The van der Waals surface area contributed by atoms with E-state index in [9.17, 15) is 9.59 Å². The maximum atomic E-state index is 11.9. The van der Waals surface area contributed by atoms with Gasteiger partial charge in [-0.1, -0.05) is 20.3 Å². The molecule has 1 saturated heterocycles. The fourth-order valence-electron chi connectivity index (χ4n) is 2.06. The normalized spacial score (nSPS) is 23.1. The first kappa shape index (κ1) is 16.9. The van der Waals surface area contributed by atoms with Crippen LogP contribution in [0.4, 0.5) is 0 Å². The maximum absolute atomic E-state index is 11.9. The maximum Gasteiger partial charge on any atom is 0.326 e. The minimum Gasteiger partial charge on any atom is -0.480 e. The number of hydrogen-bond donors (Lipinski definition) is 2. The van der Waals surface area contributed by atoms with Gasteiger partial charge in [-0.3, -0.25) is 4.79 Å². The van der Waals surface area contributed by atoms with Gasteiger partial charge in [0.15, 0.2) is 0 Å². The first-order valence-corrected chi connectivity index (χ1v) is 7.22. The average molecular weight is 287 g/mol. The molecule has 20 heavy (non-hydrogen) atoms. The van der Waals surface area contributed by atoms with E-state index in [4.69, 9.17) is 14.6 Å². The molecular formula is C14H25NO5. The molecule has 4 atom stereocenters. The van der Waals surface area contributed by atoms with E-state index in [0.717, 1.165) is 19.4 Å². The van der Waals surface area contributed by atoms with Crippen molar-refractivity contribution in [3.63, 3.8) is 0 Å². The second-order valence-corrected chi connectivity index (χ2v) is 5.32. The van der Waals surface area contributed by atoms with Crippen LogP contribution in [-0.2, 0) is 19.1 Å². The summed E-state index contributed by atoms with van der Waals surface area (Å²) in [4.78, 5) is 23.1. The lowest BCUT2D eigenvalue weighted by Crippen LogP contribution is -2.48. The van der Waals surface area contributed by atoms with Gasteiger partial charge in [-0.2, -0.15) is 0 Å². The van der Waals surface area contributed by atoms with Gasteiger partial charge in [-0.25, -0.2) is 4.79 Å². The predicted octanol–water partition coefficient (Wildman–Crippen LogP) is 1.19. The molecule has 1 amide bonds. The van der Waals surface area contributed by atoms with Crippen molar-refractivity contribution in [2.45, 2.75) is 58.3 Å². The van der Waals surface area contributed by atoms with Gasteiger partial charge in [0.2, 0.25) is 5.91 Å². The van der Waals surface area contributed by atoms with Gasteiger partial charge >= 0.3 is 5.97 Å². The van der Waals surface area contributed by atoms with E-state index in [2.05, 4.69) is 5.32 Å². The average Bonchev–Trinajstić information content (AvgIpc) is 2.93. The molecule has 1 heterocycles. The first-order chi connectivity index (χ1) is 9.45. The summed E-state index contributed by atoms with van der Waals surface area (Å²) in [6.07, 6.45) is 2.02. The smallest absolute Gasteiger partial charge is 0.326 e. The molecule has 1 fully saturated rings. The summed E-state index contributed by atoms with van der Waals surface area (Å²) < 4.78 is 10.9. The molecular weight excluding hydrogens is 262 g/mol. The van der Waals surface area contributed by atoms with Crippen molar-refractivity contribution >= 4 is 11.9 Å². The van der Waals surface area contributed by atoms with E-state index in [1.807, 2.05) is 6.92 Å². The number of ether oxygens (including phenoxy) is 2. The number of carbonyl (C=O) groups excluding carboxylic acids is 1. The molecule has 6 nitrogen and oxygen atoms in total. The number of aliphatic carboxylic acids is 1. The Balaban J connectivity index is 2.40. The third-order valence-electron chi connectivity index (χ3n) is 3.70. The summed E-state index contributed by atoms with van der Waals surface area (Å²) >= 11 is 0. The number of nitrogens with one attached hydrogen (secondary N) is 1. The van der Waals surface area contributed by atoms with Crippen molar-refractivity contribution in [1.29, 1.82) is 0 Å². The van der Waals surface area contributed by atoms with Crippen LogP contribution in [-0.4, -0.2) is 48.4 Å². The van der Waals surface area contributed by atoms with E-state index < -0.39 is 24.0 Å². The van der Waals surface area contributed by atoms with Crippen LogP contribution in [0.2, 0.25) is 0 Å². The topological polar surface area (TPSA) is 84.9 Å². The fraction of sp³-hybridized carbons (Fsp3) is 0.857. The van der Waals surface area contributed by atoms with Crippen LogP contribution in [0.25, 0.3) is 0 Å². The van der Waals surface area contributed by atoms with Gasteiger partial charge in [-0.15, -0.1) is 0 Å². The van der Waals surface area contributed by atoms with Crippen molar-refractivity contribution in [1.82, 2.24) is 5.32 Å². The van der Waals surface area contributed by atoms with E-state index in [1.54, 1.807) is 13.8 Å². The SMILES string of the molecule is CC[C@H](C)[C@H](NC(=O)C(C)OCC1CCCO1)C(=O)O. The molecule has 0 radical (unpaired) electrons. The van der Waals surface area contributed by atoms with Crippen LogP contribution in [0.3, 0.4) is 0 Å². The van der Waals surface area contributed by atoms with Crippen LogP contribution in [0.1, 0.15) is 40.0 Å². The summed E-state index contributed by atoms with van der Waals surface area (Å²) in [7, 11) is 0. The van der Waals surface area contributed by atoms with Gasteiger partial charge in [0.05, 0.1) is 12.7 Å². The third-order valence-corrected chi connectivity index (χ3v) is 3.70. The lowest BCUT2D eigenvalue weighted by molar-refractivity contribution is -0.146. The molecule has 116 valence electrons. The molecule has 0 aromatic carbocycles. The molecule has 0 saturated carbocycles. The number of carboxylic acid groups (broad SMARTS) is 1. The first-order valence-electron chi connectivity index (χ1n) is 7.22. The summed E-state index contributed by atoms with van der Waals surface area (Å²) in [5, 5.41) is 11.7. The number of carbonyl (C=O) groups is 2. The van der Waals surface area contributed by atoms with E-state index in [0.29, 0.717) is 13.0 Å². The highest BCUT2D eigenvalue weighted by molar-refractivity contribution is 5.86. The zero-order chi connectivity index (χ0) is 15.1. The molecule has 0 spiro atoms. The van der Waals surface area contributed by atoms with Crippen molar-refractivity contribution in [3.05, 3.63) is 0 Å². The Hall–Kier alpha value is -1.14. The molecule has 0 aliphatic carbocycles. The van der Waals surface area contributed by atoms with Crippen molar-refractivity contribution in [2.24, 2.45) is 5.92 Å². The Kier molecular flexibility index (Phi) is 6.95. The quantitative estimate of drug-likeness (QED) is 0.700. The minimum atomic E-state index is -1.01. The predicted molar refractivity (Wildman–Crippen MR) is 73.4 cm³/mol. The molecule has 1 aliphatic heterocycles. The molecule has 0 bridgehead atoms. The van der Waals surface area contributed by atoms with Gasteiger partial charge in [0.1, 0.15) is 12.1 Å². The number of amides is 1. The molecule has 2 unspecified atom stereocenters. The molecule has 0 aromatic heterocycles. The number of hydrogen-bond acceptors (Lipinski definition) is 4. The van der Waals surface area contributed by atoms with Gasteiger partial charge in [0, 0.05) is 6.61 Å². The number of carboxylic acids is 1. The van der Waals surface area contributed by atoms with E-state index >= 15 is 0 Å². The summed E-state index contributed by atoms with van der Waals surface area (Å²) in [6.45, 7) is 6.43. The van der Waals surface area contributed by atoms with Crippen LogP contribution in [0, 0.1) is 5.92 Å². The van der Waals surface area contributed by atoms with Crippen molar-refractivity contribution in [2.75, 3.05) is 13.2 Å². The van der Waals surface area contributed by atoms with Gasteiger partial charge < -0.3 is 19.9 Å². The molecule has 2 N–H and O–H groups in total. The zero-order valence-corrected chi connectivity index (χ0v) is 12.4. The largest absolute Gasteiger partial charge is 0.480 e. The highest BCUT2D eigenvalue weighted by atomic mass is 16.5. The summed E-state index contributed by atoms with van der Waals surface area (Å²) in [5.74, 6) is -1.53. The van der Waals surface area contributed by atoms with Crippen LogP contribution >= 0.6 is 0 Å². The Morgan fingerprint density at radius 3 is 2.65 bits per heavy atom. The highest BCUT2D eigenvalue weighted by Crippen LogP contribution is 2.13. The lowest BCUT2D eigenvalue weighted by atomic mass is 9.99. The van der Waals surface area contributed by atoms with E-state index in [1.165, 1.54) is 0 Å². The zero-order valence-electron chi connectivity index (χ0n) is 12.4. The van der Waals surface area contributed by atoms with Gasteiger partial charge in [0.25, 0.3) is 0 Å². The Labute approximate surface area is 119 Å². The Morgan fingerprint density at radius 1 is 1.45 bits per heavy atom. The minimum absolute atomic E-state index is 0.0510. The third kappa shape index (κ3) is 5.09. The van der Waals surface area contributed by atoms with Crippen molar-refractivity contribution < 1.29 is 24.2 Å². The molecule has 6 heteroatoms. The monoisotopic (exact) mass is 287 g/mol. The molecule has 1 rings (SSSR count). The van der Waals surface area contributed by atoms with E-state index in [-0.39, 0.29) is 12.0 Å². The standard InChI is InChI=1S/C14H25NO5/c1-4-9(2)12(14(17)18)15-13(16)10(3)20-8-11-6-5-7-19-11/h9-12H,4-8H2,1-3H3,(H,15,16)(H,17,18)/t9-,10?,11?,12-/m0/s1. The summed E-state index contributed by atoms with van der Waals surface area (Å²) in [6, 6.07) is -0.874. The fourth-order valence-corrected chi connectivity index (χ4v) is 2.06.